The second-order valence-electron chi connectivity index (χ2n) is 3.61. The number of aliphatic hydroxyl groups excluding tert-OH is 3. The summed E-state index contributed by atoms with van der Waals surface area (Å²) in [6, 6.07) is -0.629. The van der Waals surface area contributed by atoms with Crippen molar-refractivity contribution in [2.75, 3.05) is 26.4 Å². The van der Waals surface area contributed by atoms with Crippen LogP contribution in [-0.2, 0) is 15.5 Å². The third-order valence-electron chi connectivity index (χ3n) is 2.57. The average Bonchev–Trinajstić information content (AvgIpc) is 2.27. The lowest BCUT2D eigenvalue weighted by molar-refractivity contribution is -0.0159. The number of rotatable bonds is 9. The summed E-state index contributed by atoms with van der Waals surface area (Å²) in [5.41, 5.74) is 4.57. The molecule has 16 heavy (non-hydrogen) atoms. The summed E-state index contributed by atoms with van der Waals surface area (Å²) in [5.74, 6) is 0. The lowest BCUT2D eigenvalue weighted by Gasteiger charge is -2.33. The van der Waals surface area contributed by atoms with Crippen molar-refractivity contribution in [2.45, 2.75) is 18.9 Å². The van der Waals surface area contributed by atoms with Gasteiger partial charge in [-0.05, 0) is 12.8 Å². The van der Waals surface area contributed by atoms with Crippen LogP contribution in [0.3, 0.4) is 0 Å². The normalized spacial score (nSPS) is 16.1. The number of hydrogen-bond acceptors (Lipinski definition) is 7. The van der Waals surface area contributed by atoms with Crippen LogP contribution in [0.5, 0.6) is 0 Å². The maximum atomic E-state index is 10.0. The van der Waals surface area contributed by atoms with Gasteiger partial charge in [-0.3, -0.25) is 0 Å². The molecule has 0 aliphatic heterocycles. The Morgan fingerprint density at radius 3 is 2.19 bits per heavy atom. The molecule has 0 radical (unpaired) electrons. The third kappa shape index (κ3) is 4.83. The van der Waals surface area contributed by atoms with Gasteiger partial charge in [-0.1, -0.05) is 0 Å². The summed E-state index contributed by atoms with van der Waals surface area (Å²) in [6.07, 6.45) is 0.690. The molecule has 0 spiro atoms. The Hall–Kier alpha value is -0.0900. The zero-order valence-corrected chi connectivity index (χ0v) is 9.69. The van der Waals surface area contributed by atoms with E-state index in [4.69, 9.17) is 21.1 Å². The molecule has 0 aromatic rings. The second-order valence-corrected chi connectivity index (χ2v) is 4.26. The van der Waals surface area contributed by atoms with Gasteiger partial charge in [0, 0.05) is 6.04 Å². The molecule has 8 heteroatoms. The summed E-state index contributed by atoms with van der Waals surface area (Å²) in [7, 11) is 0. The van der Waals surface area contributed by atoms with Crippen molar-refractivity contribution in [1.29, 1.82) is 0 Å². The van der Waals surface area contributed by atoms with E-state index in [9.17, 15) is 8.76 Å². The molecule has 2 unspecified atom stereocenters. The van der Waals surface area contributed by atoms with Crippen LogP contribution in [0, 0.1) is 5.41 Å². The van der Waals surface area contributed by atoms with Gasteiger partial charge < -0.3 is 29.8 Å². The Morgan fingerprint density at radius 2 is 1.81 bits per heavy atom. The largest absolute Gasteiger partial charge is 0.750 e. The van der Waals surface area contributed by atoms with Crippen LogP contribution in [0.25, 0.3) is 0 Å². The van der Waals surface area contributed by atoms with Crippen LogP contribution < -0.4 is 5.73 Å². The summed E-state index contributed by atoms with van der Waals surface area (Å²) in [4.78, 5) is 0. The van der Waals surface area contributed by atoms with Crippen LogP contribution in [0.2, 0.25) is 0 Å². The van der Waals surface area contributed by atoms with Crippen molar-refractivity contribution >= 4 is 11.4 Å². The second kappa shape index (κ2) is 8.07. The van der Waals surface area contributed by atoms with Crippen molar-refractivity contribution in [2.24, 2.45) is 11.1 Å². The molecule has 2 atom stereocenters. The van der Waals surface area contributed by atoms with Gasteiger partial charge in [0.15, 0.2) is 0 Å². The van der Waals surface area contributed by atoms with Crippen molar-refractivity contribution in [3.63, 3.8) is 0 Å². The quantitative estimate of drug-likeness (QED) is 0.273. The van der Waals surface area contributed by atoms with Gasteiger partial charge in [0.05, 0.1) is 43.2 Å². The van der Waals surface area contributed by atoms with E-state index >= 15 is 0 Å². The molecule has 0 aromatic heterocycles. The van der Waals surface area contributed by atoms with Crippen molar-refractivity contribution in [1.82, 2.24) is 0 Å². The maximum Gasteiger partial charge on any atom is 0.0842 e. The highest BCUT2D eigenvalue weighted by atomic mass is 32.2. The minimum absolute atomic E-state index is 0.0117. The van der Waals surface area contributed by atoms with Crippen molar-refractivity contribution < 1.29 is 28.3 Å². The first kappa shape index (κ1) is 15.9. The standard InChI is InChI=1S/C8H19NO6S/c9-7(2-1-3-15-16(13)14)8(4-10,5-11)6-12/h7,10-12H,1-6,9H2,(H,13,14)/p-1. The molecule has 0 saturated heterocycles. The number of nitrogens with two attached hydrogens (primary N) is 1. The molecule has 0 bridgehead atoms. The molecular weight excluding hydrogens is 238 g/mol. The monoisotopic (exact) mass is 256 g/mol. The molecule has 98 valence electrons. The third-order valence-corrected chi connectivity index (χ3v) is 2.93. The van der Waals surface area contributed by atoms with Crippen molar-refractivity contribution in [3.8, 4) is 0 Å². The SMILES string of the molecule is NC(CCCOS(=O)[O-])C(CO)(CO)CO. The van der Waals surface area contributed by atoms with Gasteiger partial charge in [0.25, 0.3) is 0 Å². The lowest BCUT2D eigenvalue weighted by atomic mass is 9.81. The smallest absolute Gasteiger partial charge is 0.0842 e. The van der Waals surface area contributed by atoms with Gasteiger partial charge in [-0.25, -0.2) is 4.21 Å². The summed E-state index contributed by atoms with van der Waals surface area (Å²) in [6.45, 7) is -1.32. The molecule has 0 saturated carbocycles. The highest BCUT2D eigenvalue weighted by Gasteiger charge is 2.34. The molecule has 0 amide bonds. The Labute approximate surface area is 96.7 Å². The Morgan fingerprint density at radius 1 is 1.31 bits per heavy atom. The fraction of sp³-hybridized carbons (Fsp3) is 1.00. The van der Waals surface area contributed by atoms with Gasteiger partial charge in [-0.15, -0.1) is 0 Å². The molecule has 0 aromatic carbocycles. The Bertz CT molecular complexity index is 202. The van der Waals surface area contributed by atoms with E-state index in [0.29, 0.717) is 12.8 Å². The van der Waals surface area contributed by atoms with Crippen LogP contribution in [0.4, 0.5) is 0 Å². The molecule has 0 heterocycles. The topological polar surface area (TPSA) is 136 Å². The van der Waals surface area contributed by atoms with Gasteiger partial charge in [0.1, 0.15) is 0 Å². The minimum atomic E-state index is -2.55. The van der Waals surface area contributed by atoms with E-state index in [0.717, 1.165) is 0 Å². The van der Waals surface area contributed by atoms with E-state index in [2.05, 4.69) is 4.18 Å². The molecule has 0 aliphatic rings. The van der Waals surface area contributed by atoms with Crippen molar-refractivity contribution in [3.05, 3.63) is 0 Å². The zero-order chi connectivity index (χ0) is 12.6. The minimum Gasteiger partial charge on any atom is -0.750 e. The first-order chi connectivity index (χ1) is 7.52. The first-order valence-corrected chi connectivity index (χ1v) is 5.83. The highest BCUT2D eigenvalue weighted by molar-refractivity contribution is 7.74. The van der Waals surface area contributed by atoms with Crippen LogP contribution in [-0.4, -0.2) is 56.6 Å². The Kier molecular flexibility index (Phi) is 8.02. The van der Waals surface area contributed by atoms with Gasteiger partial charge >= 0.3 is 0 Å². The first-order valence-electron chi connectivity index (χ1n) is 4.83. The van der Waals surface area contributed by atoms with E-state index < -0.39 is 42.6 Å². The predicted octanol–water partition coefficient (Wildman–Crippen LogP) is -2.13. The van der Waals surface area contributed by atoms with E-state index in [1.165, 1.54) is 0 Å². The maximum absolute atomic E-state index is 10.0. The van der Waals surface area contributed by atoms with Crippen LogP contribution in [0.1, 0.15) is 12.8 Å². The molecule has 0 rings (SSSR count). The van der Waals surface area contributed by atoms with Gasteiger partial charge in [-0.2, -0.15) is 0 Å². The number of hydrogen-bond donors (Lipinski definition) is 4. The summed E-state index contributed by atoms with van der Waals surface area (Å²) >= 11 is -2.55. The molecule has 0 aliphatic carbocycles. The van der Waals surface area contributed by atoms with Crippen LogP contribution >= 0.6 is 0 Å². The molecular formula is C8H18NO6S-. The predicted molar refractivity (Wildman–Crippen MR) is 55.8 cm³/mol. The van der Waals surface area contributed by atoms with E-state index in [1.54, 1.807) is 0 Å². The zero-order valence-electron chi connectivity index (χ0n) is 8.87. The van der Waals surface area contributed by atoms with Crippen LogP contribution in [0.15, 0.2) is 0 Å². The Balaban J connectivity index is 4.01. The average molecular weight is 256 g/mol. The van der Waals surface area contributed by atoms with E-state index in [-0.39, 0.29) is 6.61 Å². The fourth-order valence-electron chi connectivity index (χ4n) is 1.24. The summed E-state index contributed by atoms with van der Waals surface area (Å²) in [5, 5.41) is 27.2. The number of aliphatic hydroxyl groups is 3. The lowest BCUT2D eigenvalue weighted by Crippen LogP contribution is -2.50. The molecule has 0 fully saturated rings. The molecule has 5 N–H and O–H groups in total. The van der Waals surface area contributed by atoms with E-state index in [1.807, 2.05) is 0 Å². The fourth-order valence-corrected chi connectivity index (χ4v) is 1.49. The van der Waals surface area contributed by atoms with Gasteiger partial charge in [0.2, 0.25) is 0 Å². The molecule has 7 nitrogen and oxygen atoms in total. The summed E-state index contributed by atoms with van der Waals surface area (Å²) < 4.78 is 24.4. The highest BCUT2D eigenvalue weighted by Crippen LogP contribution is 2.22.